The fourth-order valence-corrected chi connectivity index (χ4v) is 2.25. The number of sulfone groups is 1. The van der Waals surface area contributed by atoms with E-state index in [0.717, 1.165) is 12.1 Å². The summed E-state index contributed by atoms with van der Waals surface area (Å²) < 4.78 is 24.5. The third kappa shape index (κ3) is 4.49. The summed E-state index contributed by atoms with van der Waals surface area (Å²) in [6.07, 6.45) is 2.16. The summed E-state index contributed by atoms with van der Waals surface area (Å²) in [5.41, 5.74) is 1.06. The largest absolute Gasteiger partial charge is 0.302 e. The van der Waals surface area contributed by atoms with Crippen LogP contribution >= 0.6 is 12.2 Å². The highest BCUT2D eigenvalue weighted by atomic mass is 32.2. The Labute approximate surface area is 102 Å². The highest BCUT2D eigenvalue weighted by molar-refractivity contribution is 7.90. The van der Waals surface area contributed by atoms with E-state index in [1.807, 2.05) is 6.07 Å². The summed E-state index contributed by atoms with van der Waals surface area (Å²) in [4.78, 5) is 0. The molecule has 0 aromatic carbocycles. The molecule has 0 aliphatic carbocycles. The predicted octanol–water partition coefficient (Wildman–Crippen LogP) is 1.79. The van der Waals surface area contributed by atoms with Gasteiger partial charge in [0.25, 0.3) is 0 Å². The van der Waals surface area contributed by atoms with Gasteiger partial charge >= 0.3 is 0 Å². The quantitative estimate of drug-likeness (QED) is 0.823. The number of nitrogens with zero attached hydrogens (tertiary/aromatic N) is 1. The van der Waals surface area contributed by atoms with Gasteiger partial charge in [-0.2, -0.15) is 0 Å². The molecule has 0 radical (unpaired) electrons. The lowest BCUT2D eigenvalue weighted by molar-refractivity contribution is 0.574. The first kappa shape index (κ1) is 13.4. The van der Waals surface area contributed by atoms with Gasteiger partial charge in [-0.05, 0) is 18.4 Å². The minimum absolute atomic E-state index is 0.114. The third-order valence-electron chi connectivity index (χ3n) is 2.16. The Morgan fingerprint density at radius 2 is 2.12 bits per heavy atom. The molecule has 0 aliphatic rings. The molecule has 0 bridgehead atoms. The molecular formula is C10H18N2O2S2. The molecule has 6 heteroatoms. The molecule has 16 heavy (non-hydrogen) atoms. The molecule has 0 atom stereocenters. The second-order valence-corrected chi connectivity index (χ2v) is 7.18. The number of aromatic nitrogens is 2. The summed E-state index contributed by atoms with van der Waals surface area (Å²) in [6, 6.07) is 1.90. The van der Waals surface area contributed by atoms with Crippen molar-refractivity contribution in [1.82, 2.24) is 9.78 Å². The Morgan fingerprint density at radius 1 is 1.50 bits per heavy atom. The van der Waals surface area contributed by atoms with Gasteiger partial charge < -0.3 is 5.10 Å². The van der Waals surface area contributed by atoms with Crippen molar-refractivity contribution in [3.8, 4) is 0 Å². The summed E-state index contributed by atoms with van der Waals surface area (Å²) >= 11 is 5.15. The Kier molecular flexibility index (Phi) is 4.32. The molecule has 0 saturated heterocycles. The standard InChI is InChI=1S/C10H18N2O2S2/c1-8(2)6-9-7-10(15)12(11-9)4-5-16(3,13)14/h7-8,11H,4-6H2,1-3H3. The number of hydrogen-bond acceptors (Lipinski definition) is 3. The summed E-state index contributed by atoms with van der Waals surface area (Å²) in [6.45, 7) is 4.66. The molecule has 1 rings (SSSR count). The van der Waals surface area contributed by atoms with Crippen molar-refractivity contribution in [2.75, 3.05) is 12.0 Å². The van der Waals surface area contributed by atoms with Crippen molar-refractivity contribution in [3.05, 3.63) is 16.4 Å². The number of nitrogens with one attached hydrogen (secondary N) is 1. The lowest BCUT2D eigenvalue weighted by Crippen LogP contribution is -2.12. The average molecular weight is 262 g/mol. The predicted molar refractivity (Wildman–Crippen MR) is 67.9 cm³/mol. The highest BCUT2D eigenvalue weighted by Crippen LogP contribution is 2.06. The van der Waals surface area contributed by atoms with Crippen LogP contribution in [0.5, 0.6) is 0 Å². The summed E-state index contributed by atoms with van der Waals surface area (Å²) in [5, 5.41) is 3.13. The van der Waals surface area contributed by atoms with E-state index < -0.39 is 9.84 Å². The van der Waals surface area contributed by atoms with Crippen molar-refractivity contribution in [2.24, 2.45) is 5.92 Å². The first-order chi connectivity index (χ1) is 7.28. The second kappa shape index (κ2) is 5.14. The molecule has 0 unspecified atom stereocenters. The van der Waals surface area contributed by atoms with Crippen molar-refractivity contribution < 1.29 is 8.42 Å². The number of aromatic amines is 1. The molecule has 1 heterocycles. The second-order valence-electron chi connectivity index (χ2n) is 4.50. The van der Waals surface area contributed by atoms with E-state index in [9.17, 15) is 8.42 Å². The Balaban J connectivity index is 2.75. The zero-order valence-corrected chi connectivity index (χ0v) is 11.5. The lowest BCUT2D eigenvalue weighted by Gasteiger charge is -2.03. The van der Waals surface area contributed by atoms with Crippen LogP contribution in [-0.2, 0) is 22.8 Å². The molecule has 1 aromatic heterocycles. The number of aryl methyl sites for hydroxylation is 1. The molecule has 4 nitrogen and oxygen atoms in total. The SMILES string of the molecule is CC(C)Cc1cc(=S)n(CCS(C)(=O)=O)[nH]1. The average Bonchev–Trinajstić information content (AvgIpc) is 2.40. The minimum atomic E-state index is -2.94. The lowest BCUT2D eigenvalue weighted by atomic mass is 10.1. The smallest absolute Gasteiger partial charge is 0.149 e. The number of hydrogen-bond donors (Lipinski definition) is 1. The zero-order chi connectivity index (χ0) is 12.3. The molecule has 0 amide bonds. The topological polar surface area (TPSA) is 54.9 Å². The van der Waals surface area contributed by atoms with Gasteiger partial charge in [-0.3, -0.25) is 4.68 Å². The summed E-state index contributed by atoms with van der Waals surface area (Å²) in [5.74, 6) is 0.666. The van der Waals surface area contributed by atoms with Crippen LogP contribution in [0.25, 0.3) is 0 Å². The van der Waals surface area contributed by atoms with Crippen LogP contribution in [0.4, 0.5) is 0 Å². The van der Waals surface area contributed by atoms with E-state index in [2.05, 4.69) is 18.9 Å². The van der Waals surface area contributed by atoms with Gasteiger partial charge in [-0.1, -0.05) is 26.1 Å². The summed E-state index contributed by atoms with van der Waals surface area (Å²) in [7, 11) is -2.94. The van der Waals surface area contributed by atoms with Crippen LogP contribution in [0.1, 0.15) is 19.5 Å². The first-order valence-electron chi connectivity index (χ1n) is 5.24. The third-order valence-corrected chi connectivity index (χ3v) is 3.42. The maximum atomic E-state index is 11.0. The van der Waals surface area contributed by atoms with Crippen molar-refractivity contribution in [3.63, 3.8) is 0 Å². The van der Waals surface area contributed by atoms with Crippen LogP contribution in [0.2, 0.25) is 0 Å². The van der Waals surface area contributed by atoms with Crippen LogP contribution < -0.4 is 0 Å². The van der Waals surface area contributed by atoms with Crippen LogP contribution in [0, 0.1) is 10.6 Å². The van der Waals surface area contributed by atoms with Crippen LogP contribution in [-0.4, -0.2) is 30.2 Å². The van der Waals surface area contributed by atoms with Crippen molar-refractivity contribution >= 4 is 22.1 Å². The molecular weight excluding hydrogens is 244 g/mol. The first-order valence-corrected chi connectivity index (χ1v) is 7.71. The van der Waals surface area contributed by atoms with Gasteiger partial charge in [0.05, 0.1) is 12.3 Å². The molecule has 0 saturated carbocycles. The normalized spacial score (nSPS) is 12.2. The maximum Gasteiger partial charge on any atom is 0.149 e. The molecule has 0 fully saturated rings. The Bertz CT molecular complexity index is 497. The van der Waals surface area contributed by atoms with E-state index in [0.29, 0.717) is 17.1 Å². The molecule has 92 valence electrons. The van der Waals surface area contributed by atoms with Crippen LogP contribution in [0.3, 0.4) is 0 Å². The van der Waals surface area contributed by atoms with Gasteiger partial charge in [0.15, 0.2) is 0 Å². The van der Waals surface area contributed by atoms with Gasteiger partial charge in [0.2, 0.25) is 0 Å². The zero-order valence-electron chi connectivity index (χ0n) is 9.86. The van der Waals surface area contributed by atoms with E-state index in [4.69, 9.17) is 12.2 Å². The fourth-order valence-electron chi connectivity index (χ4n) is 1.46. The minimum Gasteiger partial charge on any atom is -0.302 e. The van der Waals surface area contributed by atoms with Gasteiger partial charge in [0.1, 0.15) is 14.5 Å². The van der Waals surface area contributed by atoms with E-state index in [1.165, 1.54) is 6.26 Å². The maximum absolute atomic E-state index is 11.0. The molecule has 0 spiro atoms. The number of rotatable bonds is 5. The van der Waals surface area contributed by atoms with Crippen LogP contribution in [0.15, 0.2) is 6.07 Å². The van der Waals surface area contributed by atoms with Crippen molar-refractivity contribution in [2.45, 2.75) is 26.8 Å². The van der Waals surface area contributed by atoms with Gasteiger partial charge in [-0.25, -0.2) is 8.42 Å². The highest BCUT2D eigenvalue weighted by Gasteiger charge is 2.06. The molecule has 0 aliphatic heterocycles. The Morgan fingerprint density at radius 3 is 2.62 bits per heavy atom. The number of H-pyrrole nitrogens is 1. The Hall–Kier alpha value is -0.620. The fraction of sp³-hybridized carbons (Fsp3) is 0.700. The van der Waals surface area contributed by atoms with Gasteiger partial charge in [-0.15, -0.1) is 0 Å². The molecule has 1 aromatic rings. The molecule has 1 N–H and O–H groups in total. The van der Waals surface area contributed by atoms with Gasteiger partial charge in [0, 0.05) is 11.9 Å². The monoisotopic (exact) mass is 262 g/mol. The van der Waals surface area contributed by atoms with E-state index in [1.54, 1.807) is 4.68 Å². The van der Waals surface area contributed by atoms with E-state index >= 15 is 0 Å². The van der Waals surface area contributed by atoms with Crippen molar-refractivity contribution in [1.29, 1.82) is 0 Å². The van der Waals surface area contributed by atoms with E-state index in [-0.39, 0.29) is 5.75 Å².